The molecule has 0 unspecified atom stereocenters. The van der Waals surface area contributed by atoms with E-state index in [0.717, 1.165) is 38.7 Å². The molecule has 0 aliphatic rings. The third kappa shape index (κ3) is 3.55. The first kappa shape index (κ1) is 18.0. The number of pyridine rings is 1. The molecule has 0 bridgehead atoms. The van der Waals surface area contributed by atoms with Crippen molar-refractivity contribution in [2.45, 2.75) is 26.8 Å². The van der Waals surface area contributed by atoms with E-state index in [0.29, 0.717) is 11.8 Å². The molecule has 1 aromatic carbocycles. The molecule has 0 saturated heterocycles. The summed E-state index contributed by atoms with van der Waals surface area (Å²) in [6.07, 6.45) is 0. The van der Waals surface area contributed by atoms with Crippen LogP contribution in [-0.4, -0.2) is 29.7 Å². The summed E-state index contributed by atoms with van der Waals surface area (Å²) in [6, 6.07) is 7.94. The molecule has 6 nitrogen and oxygen atoms in total. The lowest BCUT2D eigenvalue weighted by molar-refractivity contribution is 0.366. The van der Waals surface area contributed by atoms with Gasteiger partial charge < -0.3 is 14.8 Å². The average Bonchev–Trinajstić information content (AvgIpc) is 3.08. The minimum atomic E-state index is -0.000506. The number of nitriles is 1. The number of thiazole rings is 1. The number of nitrogens with zero attached hydrogens (tertiary/aromatic N) is 3. The Balaban J connectivity index is 2.10. The lowest BCUT2D eigenvalue weighted by Gasteiger charge is -2.12. The summed E-state index contributed by atoms with van der Waals surface area (Å²) < 4.78 is 11.1. The lowest BCUT2D eigenvalue weighted by Crippen LogP contribution is -2.09. The van der Waals surface area contributed by atoms with Gasteiger partial charge >= 0.3 is 0 Å². The van der Waals surface area contributed by atoms with Crippen LogP contribution in [0.25, 0.3) is 22.3 Å². The molecule has 0 saturated carbocycles. The van der Waals surface area contributed by atoms with Crippen LogP contribution in [0.4, 0.5) is 5.13 Å². The monoisotopic (exact) mass is 368 g/mol. The Bertz CT molecular complexity index is 976. The fraction of sp³-hybridized carbons (Fsp3) is 0.316. The van der Waals surface area contributed by atoms with Crippen molar-refractivity contribution in [1.29, 1.82) is 5.26 Å². The summed E-state index contributed by atoms with van der Waals surface area (Å²) in [5, 5.41) is 15.8. The maximum absolute atomic E-state index is 8.75. The van der Waals surface area contributed by atoms with Crippen LogP contribution in [0.15, 0.2) is 23.6 Å². The predicted molar refractivity (Wildman–Crippen MR) is 104 cm³/mol. The van der Waals surface area contributed by atoms with Gasteiger partial charge in [0.2, 0.25) is 0 Å². The van der Waals surface area contributed by atoms with Crippen molar-refractivity contribution >= 4 is 27.4 Å². The van der Waals surface area contributed by atoms with Gasteiger partial charge in [-0.1, -0.05) is 0 Å². The summed E-state index contributed by atoms with van der Waals surface area (Å²) in [6.45, 7) is 6.08. The summed E-state index contributed by atoms with van der Waals surface area (Å²) >= 11 is 1.55. The molecule has 0 aliphatic heterocycles. The van der Waals surface area contributed by atoms with Crippen LogP contribution in [0, 0.1) is 18.3 Å². The zero-order valence-electron chi connectivity index (χ0n) is 15.2. The molecular formula is C19H20N4O2S. The second-order valence-corrected chi connectivity index (χ2v) is 6.94. The molecule has 0 atom stereocenters. The van der Waals surface area contributed by atoms with E-state index in [1.165, 1.54) is 0 Å². The number of nitrogens with one attached hydrogen (secondary N) is 1. The molecule has 26 heavy (non-hydrogen) atoms. The quantitative estimate of drug-likeness (QED) is 0.695. The van der Waals surface area contributed by atoms with E-state index in [2.05, 4.69) is 24.1 Å². The van der Waals surface area contributed by atoms with Gasteiger partial charge in [0.15, 0.2) is 11.7 Å². The first-order chi connectivity index (χ1) is 12.5. The second kappa shape index (κ2) is 7.58. The van der Waals surface area contributed by atoms with E-state index in [9.17, 15) is 0 Å². The molecular weight excluding hydrogens is 348 g/mol. The molecule has 1 N–H and O–H groups in total. The smallest absolute Gasteiger partial charge is 0.183 e. The van der Waals surface area contributed by atoms with Crippen molar-refractivity contribution < 1.29 is 9.47 Å². The first-order valence-corrected chi connectivity index (χ1v) is 9.12. The summed E-state index contributed by atoms with van der Waals surface area (Å²) in [7, 11) is 1.64. The molecule has 0 fully saturated rings. The van der Waals surface area contributed by atoms with Gasteiger partial charge in [0.05, 0.1) is 18.3 Å². The third-order valence-corrected chi connectivity index (χ3v) is 4.61. The van der Waals surface area contributed by atoms with Gasteiger partial charge in [-0.05, 0) is 32.9 Å². The number of methoxy groups -OCH3 is 1. The standard InChI is InChI=1S/C19H20N4O2S/c1-11(2)21-19-23-15(10-26-19)14-9-17(24-4)13-5-6-16(25-8-7-20)12(3)18(13)22-14/h5-6,9-11H,8H2,1-4H3,(H,21,23). The Morgan fingerprint density at radius 1 is 1.23 bits per heavy atom. The van der Waals surface area contributed by atoms with Crippen LogP contribution in [-0.2, 0) is 0 Å². The largest absolute Gasteiger partial charge is 0.496 e. The number of aryl methyl sites for hydroxylation is 1. The number of fused-ring (bicyclic) bond motifs is 1. The number of benzene rings is 1. The van der Waals surface area contributed by atoms with Gasteiger partial charge in [-0.3, -0.25) is 0 Å². The van der Waals surface area contributed by atoms with Crippen LogP contribution in [0.3, 0.4) is 0 Å². The highest BCUT2D eigenvalue weighted by atomic mass is 32.1. The predicted octanol–water partition coefficient (Wildman–Crippen LogP) is 4.40. The van der Waals surface area contributed by atoms with Crippen LogP contribution in [0.2, 0.25) is 0 Å². The number of aromatic nitrogens is 2. The number of hydrogen-bond donors (Lipinski definition) is 1. The lowest BCUT2D eigenvalue weighted by atomic mass is 10.1. The first-order valence-electron chi connectivity index (χ1n) is 8.24. The van der Waals surface area contributed by atoms with Crippen LogP contribution in [0.5, 0.6) is 11.5 Å². The fourth-order valence-electron chi connectivity index (χ4n) is 2.65. The number of hydrogen-bond acceptors (Lipinski definition) is 7. The highest BCUT2D eigenvalue weighted by Gasteiger charge is 2.15. The van der Waals surface area contributed by atoms with E-state index in [4.69, 9.17) is 19.7 Å². The Morgan fingerprint density at radius 3 is 2.73 bits per heavy atom. The Hall–Kier alpha value is -2.85. The molecule has 0 amide bonds. The van der Waals surface area contributed by atoms with Crippen molar-refractivity contribution in [2.75, 3.05) is 19.0 Å². The molecule has 2 heterocycles. The Morgan fingerprint density at radius 2 is 2.04 bits per heavy atom. The molecule has 0 spiro atoms. The maximum Gasteiger partial charge on any atom is 0.183 e. The summed E-state index contributed by atoms with van der Waals surface area (Å²) in [5.74, 6) is 1.37. The fourth-order valence-corrected chi connectivity index (χ4v) is 3.50. The zero-order chi connectivity index (χ0) is 18.7. The Kier molecular flexibility index (Phi) is 5.24. The molecule has 2 aromatic heterocycles. The molecule has 0 radical (unpaired) electrons. The van der Waals surface area contributed by atoms with Crippen molar-refractivity contribution in [2.24, 2.45) is 0 Å². The minimum absolute atomic E-state index is 0.000506. The van der Waals surface area contributed by atoms with Gasteiger partial charge in [0, 0.05) is 28.4 Å². The molecule has 3 aromatic rings. The van der Waals surface area contributed by atoms with Gasteiger partial charge in [-0.2, -0.15) is 5.26 Å². The summed E-state index contributed by atoms with van der Waals surface area (Å²) in [4.78, 5) is 9.41. The molecule has 7 heteroatoms. The SMILES string of the molecule is COc1cc(-c2csc(NC(C)C)n2)nc2c(C)c(OCC#N)ccc12. The van der Waals surface area contributed by atoms with Crippen molar-refractivity contribution in [3.05, 3.63) is 29.1 Å². The van der Waals surface area contributed by atoms with Crippen LogP contribution in [0.1, 0.15) is 19.4 Å². The normalized spacial score (nSPS) is 10.8. The highest BCUT2D eigenvalue weighted by Crippen LogP contribution is 2.35. The van der Waals surface area contributed by atoms with Crippen molar-refractivity contribution in [3.63, 3.8) is 0 Å². The zero-order valence-corrected chi connectivity index (χ0v) is 16.0. The van der Waals surface area contributed by atoms with E-state index in [1.54, 1.807) is 18.4 Å². The van der Waals surface area contributed by atoms with Crippen LogP contribution >= 0.6 is 11.3 Å². The highest BCUT2D eigenvalue weighted by molar-refractivity contribution is 7.14. The molecule has 134 valence electrons. The van der Waals surface area contributed by atoms with E-state index in [-0.39, 0.29) is 6.61 Å². The maximum atomic E-state index is 8.75. The van der Waals surface area contributed by atoms with Crippen LogP contribution < -0.4 is 14.8 Å². The Labute approximate surface area is 156 Å². The number of rotatable bonds is 6. The number of anilines is 1. The van der Waals surface area contributed by atoms with Gasteiger partial charge in [-0.25, -0.2) is 9.97 Å². The third-order valence-electron chi connectivity index (χ3n) is 3.84. The number of ether oxygens (including phenoxy) is 2. The van der Waals surface area contributed by atoms with Crippen molar-refractivity contribution in [1.82, 2.24) is 9.97 Å². The van der Waals surface area contributed by atoms with E-state index in [1.807, 2.05) is 36.6 Å². The van der Waals surface area contributed by atoms with E-state index >= 15 is 0 Å². The van der Waals surface area contributed by atoms with Gasteiger partial charge in [0.25, 0.3) is 0 Å². The van der Waals surface area contributed by atoms with Gasteiger partial charge in [0.1, 0.15) is 23.3 Å². The minimum Gasteiger partial charge on any atom is -0.496 e. The summed E-state index contributed by atoms with van der Waals surface area (Å²) in [5.41, 5.74) is 3.18. The average molecular weight is 368 g/mol. The molecule has 0 aliphatic carbocycles. The second-order valence-electron chi connectivity index (χ2n) is 6.08. The van der Waals surface area contributed by atoms with E-state index < -0.39 is 0 Å². The van der Waals surface area contributed by atoms with Gasteiger partial charge in [-0.15, -0.1) is 11.3 Å². The van der Waals surface area contributed by atoms with Crippen molar-refractivity contribution in [3.8, 4) is 29.0 Å². The topological polar surface area (TPSA) is 80.1 Å². The molecule has 3 rings (SSSR count).